The Balaban J connectivity index is 1.47. The minimum absolute atomic E-state index is 0.141. The van der Waals surface area contributed by atoms with E-state index >= 15 is 0 Å². The van der Waals surface area contributed by atoms with Crippen LogP contribution in [-0.2, 0) is 9.47 Å². The average molecular weight is 363 g/mol. The summed E-state index contributed by atoms with van der Waals surface area (Å²) in [7, 11) is 0. The van der Waals surface area contributed by atoms with E-state index in [1.807, 2.05) is 0 Å². The molecule has 3 nitrogen and oxygen atoms in total. The van der Waals surface area contributed by atoms with Crippen LogP contribution in [0.3, 0.4) is 0 Å². The fraction of sp³-hybridized carbons (Fsp3) is 1.00. The molecule has 148 valence electrons. The van der Waals surface area contributed by atoms with Gasteiger partial charge in [-0.25, -0.2) is 0 Å². The van der Waals surface area contributed by atoms with E-state index in [0.717, 1.165) is 31.5 Å². The second-order valence-corrected chi connectivity index (χ2v) is 10.9. The molecule has 0 aromatic heterocycles. The third-order valence-corrected chi connectivity index (χ3v) is 10.0. The van der Waals surface area contributed by atoms with Crippen LogP contribution in [-0.4, -0.2) is 30.2 Å². The second-order valence-electron chi connectivity index (χ2n) is 10.9. The Labute approximate surface area is 159 Å². The van der Waals surface area contributed by atoms with Crippen molar-refractivity contribution in [1.29, 1.82) is 0 Å². The minimum Gasteiger partial charge on any atom is -0.393 e. The van der Waals surface area contributed by atoms with Crippen molar-refractivity contribution in [2.75, 3.05) is 13.2 Å². The molecule has 1 saturated heterocycles. The Hall–Kier alpha value is -0.120. The first-order valence-corrected chi connectivity index (χ1v) is 11.3. The van der Waals surface area contributed by atoms with Gasteiger partial charge >= 0.3 is 0 Å². The van der Waals surface area contributed by atoms with Gasteiger partial charge in [-0.1, -0.05) is 26.7 Å². The third kappa shape index (κ3) is 2.29. The molecule has 0 spiro atoms. The zero-order valence-corrected chi connectivity index (χ0v) is 17.0. The maximum atomic E-state index is 11.5. The van der Waals surface area contributed by atoms with Crippen LogP contribution < -0.4 is 0 Å². The summed E-state index contributed by atoms with van der Waals surface area (Å²) in [5.41, 5.74) is 0.543. The van der Waals surface area contributed by atoms with Crippen molar-refractivity contribution in [3.63, 3.8) is 0 Å². The summed E-state index contributed by atoms with van der Waals surface area (Å²) in [5, 5.41) is 11.5. The highest BCUT2D eigenvalue weighted by Crippen LogP contribution is 2.69. The zero-order chi connectivity index (χ0) is 18.2. The highest BCUT2D eigenvalue weighted by Gasteiger charge is 2.65. The van der Waals surface area contributed by atoms with E-state index in [1.54, 1.807) is 0 Å². The quantitative estimate of drug-likeness (QED) is 0.730. The molecule has 1 aliphatic heterocycles. The van der Waals surface area contributed by atoms with Crippen LogP contribution in [0.5, 0.6) is 0 Å². The molecule has 0 aromatic rings. The Morgan fingerprint density at radius 2 is 1.62 bits per heavy atom. The fourth-order valence-corrected chi connectivity index (χ4v) is 9.01. The molecule has 4 aliphatic carbocycles. The SMILES string of the molecule is CC1(C2CCC3C4CCC5CCCCC5(C)C4C(O)CC32C)OCCO1. The molecule has 5 fully saturated rings. The summed E-state index contributed by atoms with van der Waals surface area (Å²) in [6.07, 6.45) is 11.6. The zero-order valence-electron chi connectivity index (χ0n) is 17.0. The number of ether oxygens (including phenoxy) is 2. The molecule has 8 atom stereocenters. The lowest BCUT2D eigenvalue weighted by molar-refractivity contribution is -0.231. The standard InChI is InChI=1S/C23H38O3/c1-21-11-5-4-6-15(21)7-8-16-17-9-10-19(23(3)25-12-13-26-23)22(17,2)14-18(24)20(16)21/h15-20,24H,4-14H2,1-3H3. The smallest absolute Gasteiger partial charge is 0.169 e. The van der Waals surface area contributed by atoms with Crippen molar-refractivity contribution in [3.8, 4) is 0 Å². The van der Waals surface area contributed by atoms with Gasteiger partial charge in [-0.15, -0.1) is 0 Å². The van der Waals surface area contributed by atoms with Crippen molar-refractivity contribution in [2.24, 2.45) is 40.4 Å². The number of fused-ring (bicyclic) bond motifs is 5. The molecule has 5 aliphatic rings. The molecule has 0 aromatic carbocycles. The summed E-state index contributed by atoms with van der Waals surface area (Å²) >= 11 is 0. The van der Waals surface area contributed by atoms with E-state index in [-0.39, 0.29) is 11.5 Å². The molecular formula is C23H38O3. The van der Waals surface area contributed by atoms with E-state index in [1.165, 1.54) is 51.4 Å². The van der Waals surface area contributed by atoms with Gasteiger partial charge in [0.1, 0.15) is 0 Å². The van der Waals surface area contributed by atoms with Gasteiger partial charge in [-0.3, -0.25) is 0 Å². The topological polar surface area (TPSA) is 38.7 Å². The first-order valence-electron chi connectivity index (χ1n) is 11.3. The number of rotatable bonds is 1. The lowest BCUT2D eigenvalue weighted by atomic mass is 9.44. The normalized spacial score (nSPS) is 55.8. The van der Waals surface area contributed by atoms with Gasteiger partial charge in [0, 0.05) is 5.92 Å². The van der Waals surface area contributed by atoms with Crippen LogP contribution in [0.1, 0.15) is 78.6 Å². The van der Waals surface area contributed by atoms with Crippen molar-refractivity contribution in [1.82, 2.24) is 0 Å². The molecule has 1 heterocycles. The maximum Gasteiger partial charge on any atom is 0.169 e. The van der Waals surface area contributed by atoms with Gasteiger partial charge in [0.2, 0.25) is 0 Å². The van der Waals surface area contributed by atoms with Crippen LogP contribution in [0.4, 0.5) is 0 Å². The van der Waals surface area contributed by atoms with E-state index < -0.39 is 5.79 Å². The molecule has 3 heteroatoms. The van der Waals surface area contributed by atoms with Crippen molar-refractivity contribution >= 4 is 0 Å². The summed E-state index contributed by atoms with van der Waals surface area (Å²) in [4.78, 5) is 0. The van der Waals surface area contributed by atoms with E-state index in [9.17, 15) is 5.11 Å². The summed E-state index contributed by atoms with van der Waals surface area (Å²) < 4.78 is 12.2. The molecule has 0 radical (unpaired) electrons. The van der Waals surface area contributed by atoms with Crippen molar-refractivity contribution < 1.29 is 14.6 Å². The summed E-state index contributed by atoms with van der Waals surface area (Å²) in [6, 6.07) is 0. The predicted molar refractivity (Wildman–Crippen MR) is 102 cm³/mol. The molecule has 8 unspecified atom stereocenters. The largest absolute Gasteiger partial charge is 0.393 e. The Morgan fingerprint density at radius 1 is 0.846 bits per heavy atom. The van der Waals surface area contributed by atoms with Crippen LogP contribution in [0.25, 0.3) is 0 Å². The monoisotopic (exact) mass is 362 g/mol. The first-order chi connectivity index (χ1) is 12.4. The Morgan fingerprint density at radius 3 is 2.38 bits per heavy atom. The lowest BCUT2D eigenvalue weighted by Gasteiger charge is -2.62. The van der Waals surface area contributed by atoms with Gasteiger partial charge in [-0.2, -0.15) is 0 Å². The van der Waals surface area contributed by atoms with Gasteiger partial charge in [0.25, 0.3) is 0 Å². The van der Waals surface area contributed by atoms with Gasteiger partial charge < -0.3 is 14.6 Å². The molecule has 0 bridgehead atoms. The molecule has 1 N–H and O–H groups in total. The molecule has 4 saturated carbocycles. The Bertz CT molecular complexity index is 556. The van der Waals surface area contributed by atoms with Crippen LogP contribution >= 0.6 is 0 Å². The highest BCUT2D eigenvalue weighted by molar-refractivity contribution is 5.13. The second kappa shape index (κ2) is 5.94. The fourth-order valence-electron chi connectivity index (χ4n) is 9.01. The molecule has 0 amide bonds. The van der Waals surface area contributed by atoms with E-state index in [0.29, 0.717) is 23.2 Å². The van der Waals surface area contributed by atoms with Crippen molar-refractivity contribution in [2.45, 2.75) is 90.4 Å². The number of hydrogen-bond donors (Lipinski definition) is 1. The molecule has 5 rings (SSSR count). The number of aliphatic hydroxyl groups is 1. The predicted octanol–water partition coefficient (Wildman–Crippen LogP) is 4.77. The first kappa shape index (κ1) is 17.9. The minimum atomic E-state index is -0.429. The van der Waals surface area contributed by atoms with Crippen LogP contribution in [0.2, 0.25) is 0 Å². The summed E-state index contributed by atoms with van der Waals surface area (Å²) in [5.74, 6) is 2.82. The average Bonchev–Trinajstić information content (AvgIpc) is 3.17. The van der Waals surface area contributed by atoms with Crippen LogP contribution in [0.15, 0.2) is 0 Å². The van der Waals surface area contributed by atoms with E-state index in [2.05, 4.69) is 20.8 Å². The third-order valence-electron chi connectivity index (χ3n) is 10.0. The number of aliphatic hydroxyl groups excluding tert-OH is 1. The number of hydrogen-bond acceptors (Lipinski definition) is 3. The lowest BCUT2D eigenvalue weighted by Crippen LogP contribution is -2.59. The van der Waals surface area contributed by atoms with Gasteiger partial charge in [-0.05, 0) is 86.4 Å². The highest BCUT2D eigenvalue weighted by atomic mass is 16.7. The van der Waals surface area contributed by atoms with Crippen molar-refractivity contribution in [3.05, 3.63) is 0 Å². The summed E-state index contributed by atoms with van der Waals surface area (Å²) in [6.45, 7) is 8.61. The molecular weight excluding hydrogens is 324 g/mol. The Kier molecular flexibility index (Phi) is 4.10. The maximum absolute atomic E-state index is 11.5. The van der Waals surface area contributed by atoms with Gasteiger partial charge in [0.05, 0.1) is 19.3 Å². The molecule has 26 heavy (non-hydrogen) atoms. The van der Waals surface area contributed by atoms with Gasteiger partial charge in [0.15, 0.2) is 5.79 Å². The van der Waals surface area contributed by atoms with Crippen LogP contribution in [0, 0.1) is 40.4 Å². The van der Waals surface area contributed by atoms with E-state index in [4.69, 9.17) is 9.47 Å².